The van der Waals surface area contributed by atoms with E-state index in [0.717, 1.165) is 44.9 Å². The molecular formula is C15H22N2O. The van der Waals surface area contributed by atoms with Crippen LogP contribution in [-0.2, 0) is 6.42 Å². The van der Waals surface area contributed by atoms with Crippen molar-refractivity contribution in [1.29, 1.82) is 0 Å². The number of benzene rings is 1. The molecule has 0 amide bonds. The number of ether oxygens (including phenoxy) is 1. The van der Waals surface area contributed by atoms with Gasteiger partial charge in [-0.1, -0.05) is 24.3 Å². The lowest BCUT2D eigenvalue weighted by Gasteiger charge is -2.25. The minimum Gasteiger partial charge on any atom is -0.497 e. The van der Waals surface area contributed by atoms with Gasteiger partial charge in [0.15, 0.2) is 0 Å². The molecule has 2 rings (SSSR count). The van der Waals surface area contributed by atoms with Crippen LogP contribution in [0.4, 0.5) is 0 Å². The van der Waals surface area contributed by atoms with Crippen molar-refractivity contribution < 1.29 is 4.74 Å². The number of nitrogens with zero attached hydrogens (tertiary/aromatic N) is 1. The van der Waals surface area contributed by atoms with E-state index in [0.29, 0.717) is 0 Å². The molecule has 1 aromatic rings. The molecule has 3 nitrogen and oxygen atoms in total. The zero-order chi connectivity index (χ0) is 12.6. The van der Waals surface area contributed by atoms with Crippen molar-refractivity contribution in [2.24, 2.45) is 0 Å². The first kappa shape index (κ1) is 13.1. The lowest BCUT2D eigenvalue weighted by atomic mass is 10.1. The Morgan fingerprint density at radius 3 is 2.89 bits per heavy atom. The summed E-state index contributed by atoms with van der Waals surface area (Å²) in [6.45, 7) is 5.60. The predicted octanol–water partition coefficient (Wildman–Crippen LogP) is 1.70. The highest BCUT2D eigenvalue weighted by Crippen LogP contribution is 2.13. The van der Waals surface area contributed by atoms with Crippen molar-refractivity contribution in [3.63, 3.8) is 0 Å². The zero-order valence-corrected chi connectivity index (χ0v) is 11.1. The van der Waals surface area contributed by atoms with Crippen molar-refractivity contribution >= 4 is 0 Å². The van der Waals surface area contributed by atoms with E-state index in [1.807, 2.05) is 12.1 Å². The van der Waals surface area contributed by atoms with Gasteiger partial charge < -0.3 is 10.1 Å². The summed E-state index contributed by atoms with van der Waals surface area (Å²) in [5, 5.41) is 3.36. The molecule has 98 valence electrons. The third kappa shape index (κ3) is 4.17. The Hall–Kier alpha value is -1.32. The Morgan fingerprint density at radius 2 is 2.11 bits per heavy atom. The number of hydrogen-bond donors (Lipinski definition) is 1. The van der Waals surface area contributed by atoms with E-state index < -0.39 is 0 Å². The smallest absolute Gasteiger partial charge is 0.119 e. The van der Waals surface area contributed by atoms with Gasteiger partial charge in [-0.05, 0) is 24.1 Å². The summed E-state index contributed by atoms with van der Waals surface area (Å²) in [5.41, 5.74) is 1.30. The van der Waals surface area contributed by atoms with Gasteiger partial charge in [-0.2, -0.15) is 0 Å². The Morgan fingerprint density at radius 1 is 1.28 bits per heavy atom. The average molecular weight is 246 g/mol. The van der Waals surface area contributed by atoms with Crippen LogP contribution in [0.3, 0.4) is 0 Å². The SMILES string of the molecule is COc1cccc(C/C=C\CN2CCNCC2)c1. The molecule has 0 unspecified atom stereocenters. The van der Waals surface area contributed by atoms with Crippen LogP contribution in [0, 0.1) is 0 Å². The second-order valence-electron chi connectivity index (χ2n) is 4.58. The van der Waals surface area contributed by atoms with E-state index in [4.69, 9.17) is 4.74 Å². The maximum atomic E-state index is 5.22. The van der Waals surface area contributed by atoms with Gasteiger partial charge in [-0.15, -0.1) is 0 Å². The standard InChI is InChI=1S/C15H22N2O/c1-18-15-7-4-6-14(13-15)5-2-3-10-17-11-8-16-9-12-17/h2-4,6-7,13,16H,5,8-12H2,1H3/b3-2-. The Labute approximate surface area is 109 Å². The maximum absolute atomic E-state index is 5.22. The molecule has 1 fully saturated rings. The van der Waals surface area contributed by atoms with Crippen LogP contribution >= 0.6 is 0 Å². The normalized spacial score (nSPS) is 17.2. The molecule has 1 saturated heterocycles. The number of hydrogen-bond acceptors (Lipinski definition) is 3. The summed E-state index contributed by atoms with van der Waals surface area (Å²) in [7, 11) is 1.71. The molecule has 18 heavy (non-hydrogen) atoms. The van der Waals surface area contributed by atoms with Crippen LogP contribution in [0.1, 0.15) is 5.56 Å². The van der Waals surface area contributed by atoms with Crippen molar-refractivity contribution in [3.8, 4) is 5.75 Å². The van der Waals surface area contributed by atoms with Crippen LogP contribution in [0.2, 0.25) is 0 Å². The Kier molecular flexibility index (Phi) is 5.24. The molecular weight excluding hydrogens is 224 g/mol. The molecule has 3 heteroatoms. The monoisotopic (exact) mass is 246 g/mol. The summed E-state index contributed by atoms with van der Waals surface area (Å²) in [5.74, 6) is 0.933. The predicted molar refractivity (Wildman–Crippen MR) is 75.1 cm³/mol. The molecule has 1 aromatic carbocycles. The van der Waals surface area contributed by atoms with E-state index in [1.54, 1.807) is 7.11 Å². The van der Waals surface area contributed by atoms with Crippen molar-refractivity contribution in [1.82, 2.24) is 10.2 Å². The second kappa shape index (κ2) is 7.19. The van der Waals surface area contributed by atoms with Gasteiger partial charge in [0.1, 0.15) is 5.75 Å². The van der Waals surface area contributed by atoms with Crippen LogP contribution in [0.25, 0.3) is 0 Å². The third-order valence-electron chi connectivity index (χ3n) is 3.23. The maximum Gasteiger partial charge on any atom is 0.119 e. The highest BCUT2D eigenvalue weighted by molar-refractivity contribution is 5.29. The van der Waals surface area contributed by atoms with Crippen molar-refractivity contribution in [2.45, 2.75) is 6.42 Å². The number of rotatable bonds is 5. The topological polar surface area (TPSA) is 24.5 Å². The number of piperazine rings is 1. The molecule has 0 radical (unpaired) electrons. The fraction of sp³-hybridized carbons (Fsp3) is 0.467. The third-order valence-corrected chi connectivity index (χ3v) is 3.23. The lowest BCUT2D eigenvalue weighted by Crippen LogP contribution is -2.43. The average Bonchev–Trinajstić information content (AvgIpc) is 2.45. The quantitative estimate of drug-likeness (QED) is 0.800. The fourth-order valence-electron chi connectivity index (χ4n) is 2.14. The minimum atomic E-state index is 0.933. The summed E-state index contributed by atoms with van der Waals surface area (Å²) in [6, 6.07) is 8.25. The van der Waals surface area contributed by atoms with Gasteiger partial charge in [0.25, 0.3) is 0 Å². The van der Waals surface area contributed by atoms with Crippen LogP contribution in [0.15, 0.2) is 36.4 Å². The van der Waals surface area contributed by atoms with E-state index in [-0.39, 0.29) is 0 Å². The lowest BCUT2D eigenvalue weighted by molar-refractivity contribution is 0.264. The zero-order valence-electron chi connectivity index (χ0n) is 11.1. The summed E-state index contributed by atoms with van der Waals surface area (Å²) < 4.78 is 5.22. The first-order valence-electron chi connectivity index (χ1n) is 6.59. The molecule has 0 aromatic heterocycles. The molecule has 0 saturated carbocycles. The van der Waals surface area contributed by atoms with Crippen molar-refractivity contribution in [3.05, 3.63) is 42.0 Å². The molecule has 0 bridgehead atoms. The largest absolute Gasteiger partial charge is 0.497 e. The van der Waals surface area contributed by atoms with Gasteiger partial charge in [0.05, 0.1) is 7.11 Å². The highest BCUT2D eigenvalue weighted by Gasteiger charge is 2.06. The van der Waals surface area contributed by atoms with Gasteiger partial charge in [0, 0.05) is 32.7 Å². The first-order valence-corrected chi connectivity index (χ1v) is 6.59. The van der Waals surface area contributed by atoms with Crippen LogP contribution in [-0.4, -0.2) is 44.7 Å². The van der Waals surface area contributed by atoms with Gasteiger partial charge in [0.2, 0.25) is 0 Å². The second-order valence-corrected chi connectivity index (χ2v) is 4.58. The summed E-state index contributed by atoms with van der Waals surface area (Å²) >= 11 is 0. The molecule has 0 atom stereocenters. The van der Waals surface area contributed by atoms with E-state index >= 15 is 0 Å². The van der Waals surface area contributed by atoms with E-state index in [2.05, 4.69) is 34.5 Å². The number of nitrogens with one attached hydrogen (secondary N) is 1. The van der Waals surface area contributed by atoms with Gasteiger partial charge in [-0.3, -0.25) is 4.90 Å². The van der Waals surface area contributed by atoms with Crippen LogP contribution in [0.5, 0.6) is 5.75 Å². The molecule has 0 spiro atoms. The number of methoxy groups -OCH3 is 1. The van der Waals surface area contributed by atoms with E-state index in [1.165, 1.54) is 5.56 Å². The van der Waals surface area contributed by atoms with Crippen LogP contribution < -0.4 is 10.1 Å². The first-order chi connectivity index (χ1) is 8.88. The highest BCUT2D eigenvalue weighted by atomic mass is 16.5. The Bertz CT molecular complexity index is 384. The van der Waals surface area contributed by atoms with E-state index in [9.17, 15) is 0 Å². The molecule has 1 aliphatic rings. The molecule has 0 aliphatic carbocycles. The van der Waals surface area contributed by atoms with Crippen molar-refractivity contribution in [2.75, 3.05) is 39.8 Å². The summed E-state index contributed by atoms with van der Waals surface area (Å²) in [4.78, 5) is 2.47. The van der Waals surface area contributed by atoms with Gasteiger partial charge >= 0.3 is 0 Å². The molecule has 1 aliphatic heterocycles. The fourth-order valence-corrected chi connectivity index (χ4v) is 2.14. The van der Waals surface area contributed by atoms with Gasteiger partial charge in [-0.25, -0.2) is 0 Å². The number of allylic oxidation sites excluding steroid dienone is 1. The summed E-state index contributed by atoms with van der Waals surface area (Å²) in [6.07, 6.45) is 5.49. The molecule has 1 heterocycles. The Balaban J connectivity index is 1.75. The minimum absolute atomic E-state index is 0.933. The molecule has 1 N–H and O–H groups in total.